The van der Waals surface area contributed by atoms with Crippen molar-refractivity contribution in [1.82, 2.24) is 0 Å². The van der Waals surface area contributed by atoms with Gasteiger partial charge in [-0.1, -0.05) is 0 Å². The van der Waals surface area contributed by atoms with E-state index in [-0.39, 0.29) is 48.4 Å². The van der Waals surface area contributed by atoms with Crippen LogP contribution in [0.5, 0.6) is 0 Å². The zero-order valence-corrected chi connectivity index (χ0v) is 7.50. The predicted octanol–water partition coefficient (Wildman–Crippen LogP) is -1.10. The Bertz CT molecular complexity index is 89.8. The molecule has 0 unspecified atom stereocenters. The average Bonchev–Trinajstić information content (AvgIpc) is 1.27. The maximum atomic E-state index is 10.0. The van der Waals surface area contributed by atoms with E-state index in [1.54, 1.807) is 0 Å². The van der Waals surface area contributed by atoms with E-state index in [9.17, 15) is 9.59 Å². The summed E-state index contributed by atoms with van der Waals surface area (Å²) in [5.74, 6) is -0.125. The molecule has 0 aromatic carbocycles. The van der Waals surface area contributed by atoms with Crippen molar-refractivity contribution in [2.75, 3.05) is 0 Å². The van der Waals surface area contributed by atoms with Gasteiger partial charge in [-0.25, -0.2) is 0 Å². The Labute approximate surface area is 72.4 Å². The van der Waals surface area contributed by atoms with Gasteiger partial charge in [-0.2, -0.15) is 0 Å². The zero-order chi connectivity index (χ0) is 5.86. The molecule has 0 saturated carbocycles. The predicted molar refractivity (Wildman–Crippen MR) is 33.2 cm³/mol. The third-order valence-electron chi connectivity index (χ3n) is 0.498. The molecule has 0 spiro atoms. The summed E-state index contributed by atoms with van der Waals surface area (Å²) in [6.45, 7) is 2.81. The van der Waals surface area contributed by atoms with Gasteiger partial charge in [0.2, 0.25) is 0 Å². The summed E-state index contributed by atoms with van der Waals surface area (Å²) < 4.78 is 0. The van der Waals surface area contributed by atoms with Gasteiger partial charge in [0.1, 0.15) is 11.6 Å². The van der Waals surface area contributed by atoms with Crippen molar-refractivity contribution in [1.29, 1.82) is 0 Å². The van der Waals surface area contributed by atoms with Crippen LogP contribution in [-0.2, 0) is 29.1 Å². The summed E-state index contributed by atoms with van der Waals surface area (Å²) in [6, 6.07) is 0. The summed E-state index contributed by atoms with van der Waals surface area (Å²) in [7, 11) is 0. The summed E-state index contributed by atoms with van der Waals surface area (Å²) >= 11 is 0. The minimum absolute atomic E-state index is 0. The zero-order valence-electron chi connectivity index (χ0n) is 5.86. The van der Waals surface area contributed by atoms with Crippen LogP contribution in [0.4, 0.5) is 0 Å². The number of ketones is 2. The monoisotopic (exact) mass is 239 g/mol. The van der Waals surface area contributed by atoms with Gasteiger partial charge < -0.3 is 11.0 Å². The molecule has 0 atom stereocenters. The van der Waals surface area contributed by atoms with E-state index < -0.39 is 0 Å². The van der Waals surface area contributed by atoms with Gasteiger partial charge in [-0.15, -0.1) is 0 Å². The quantitative estimate of drug-likeness (QED) is 0.451. The molecule has 0 saturated heterocycles. The first-order valence-corrected chi connectivity index (χ1v) is 2.12. The van der Waals surface area contributed by atoms with Crippen LogP contribution in [-0.4, -0.2) is 22.5 Å². The molecular formula is C5H12O4Rh. The molecule has 10 heavy (non-hydrogen) atoms. The third-order valence-corrected chi connectivity index (χ3v) is 0.498. The molecule has 0 heterocycles. The van der Waals surface area contributed by atoms with Crippen LogP contribution in [0.15, 0.2) is 0 Å². The summed E-state index contributed by atoms with van der Waals surface area (Å²) in [6.07, 6.45) is 0.0833. The third kappa shape index (κ3) is 24.8. The van der Waals surface area contributed by atoms with E-state index in [0.717, 1.165) is 0 Å². The van der Waals surface area contributed by atoms with Crippen LogP contribution in [0, 0.1) is 0 Å². The van der Waals surface area contributed by atoms with E-state index >= 15 is 0 Å². The van der Waals surface area contributed by atoms with Gasteiger partial charge in [0.05, 0.1) is 6.42 Å². The summed E-state index contributed by atoms with van der Waals surface area (Å²) in [4.78, 5) is 20.1. The van der Waals surface area contributed by atoms with Crippen molar-refractivity contribution in [3.63, 3.8) is 0 Å². The standard InChI is InChI=1S/C5H8O2.2H2O.Rh/c1-4(6)3-5(2)7;;;/h3H2,1-2H3;2*1H2;. The molecule has 4 N–H and O–H groups in total. The normalized spacial score (nSPS) is 5.80. The van der Waals surface area contributed by atoms with Crippen molar-refractivity contribution in [2.24, 2.45) is 0 Å². The van der Waals surface area contributed by atoms with Crippen LogP contribution >= 0.6 is 0 Å². The molecule has 1 radical (unpaired) electrons. The van der Waals surface area contributed by atoms with Crippen molar-refractivity contribution < 1.29 is 40.0 Å². The molecule has 0 bridgehead atoms. The Morgan fingerprint density at radius 3 is 1.20 bits per heavy atom. The van der Waals surface area contributed by atoms with E-state index in [4.69, 9.17) is 0 Å². The number of rotatable bonds is 2. The van der Waals surface area contributed by atoms with Crippen molar-refractivity contribution in [3.05, 3.63) is 0 Å². The van der Waals surface area contributed by atoms with Gasteiger partial charge in [0, 0.05) is 19.5 Å². The van der Waals surface area contributed by atoms with Crippen LogP contribution in [0.2, 0.25) is 0 Å². The first-order chi connectivity index (χ1) is 3.13. The molecule has 65 valence electrons. The van der Waals surface area contributed by atoms with Crippen LogP contribution in [0.25, 0.3) is 0 Å². The second-order valence-electron chi connectivity index (χ2n) is 1.58. The molecule has 0 aliphatic rings. The molecule has 5 heteroatoms. The SMILES string of the molecule is CC(=O)CC(C)=O.O.O.[Rh]. The topological polar surface area (TPSA) is 97.1 Å². The van der Waals surface area contributed by atoms with Crippen molar-refractivity contribution in [3.8, 4) is 0 Å². The molecule has 0 fully saturated rings. The summed E-state index contributed by atoms with van der Waals surface area (Å²) in [5, 5.41) is 0. The number of hydrogen-bond acceptors (Lipinski definition) is 2. The number of carbonyl (C=O) groups is 2. The molecular weight excluding hydrogens is 227 g/mol. The molecule has 0 aliphatic carbocycles. The maximum Gasteiger partial charge on any atom is 0.137 e. The van der Waals surface area contributed by atoms with Crippen LogP contribution in [0.1, 0.15) is 20.3 Å². The van der Waals surface area contributed by atoms with Crippen LogP contribution in [0.3, 0.4) is 0 Å². The molecule has 0 rings (SSSR count). The molecule has 0 aromatic rings. The smallest absolute Gasteiger partial charge is 0.137 e. The fourth-order valence-corrected chi connectivity index (χ4v) is 0.351. The van der Waals surface area contributed by atoms with Gasteiger partial charge >= 0.3 is 0 Å². The maximum absolute atomic E-state index is 10.0. The number of hydrogen-bond donors (Lipinski definition) is 0. The van der Waals surface area contributed by atoms with Crippen molar-refractivity contribution in [2.45, 2.75) is 20.3 Å². The number of carbonyl (C=O) groups excluding carboxylic acids is 2. The fraction of sp³-hybridized carbons (Fsp3) is 0.600. The minimum atomic E-state index is -0.0625. The molecule has 0 aliphatic heterocycles. The fourth-order valence-electron chi connectivity index (χ4n) is 0.351. The van der Waals surface area contributed by atoms with Crippen LogP contribution < -0.4 is 0 Å². The molecule has 0 amide bonds. The van der Waals surface area contributed by atoms with E-state index in [0.29, 0.717) is 0 Å². The Balaban J connectivity index is -0.0000000600. The largest absolute Gasteiger partial charge is 0.412 e. The Kier molecular flexibility index (Phi) is 26.3. The summed E-state index contributed by atoms with van der Waals surface area (Å²) in [5.41, 5.74) is 0. The first kappa shape index (κ1) is 22.5. The Morgan fingerprint density at radius 2 is 1.20 bits per heavy atom. The first-order valence-electron chi connectivity index (χ1n) is 2.12. The molecule has 4 nitrogen and oxygen atoms in total. The van der Waals surface area contributed by atoms with E-state index in [1.165, 1.54) is 13.8 Å². The van der Waals surface area contributed by atoms with Gasteiger partial charge in [-0.3, -0.25) is 9.59 Å². The van der Waals surface area contributed by atoms with E-state index in [2.05, 4.69) is 0 Å². The average molecular weight is 239 g/mol. The Morgan fingerprint density at radius 1 is 1.00 bits per heavy atom. The van der Waals surface area contributed by atoms with Crippen molar-refractivity contribution >= 4 is 11.6 Å². The van der Waals surface area contributed by atoms with Gasteiger partial charge in [0.15, 0.2) is 0 Å². The number of Topliss-reactive ketones (excluding diaryl/α,β-unsaturated/α-hetero) is 2. The second-order valence-corrected chi connectivity index (χ2v) is 1.58. The second kappa shape index (κ2) is 11.7. The Hall–Kier alpha value is -0.117. The van der Waals surface area contributed by atoms with Gasteiger partial charge in [0.25, 0.3) is 0 Å². The minimum Gasteiger partial charge on any atom is -0.412 e. The van der Waals surface area contributed by atoms with E-state index in [1.807, 2.05) is 0 Å². The van der Waals surface area contributed by atoms with Gasteiger partial charge in [-0.05, 0) is 13.8 Å². The molecule has 0 aromatic heterocycles.